The van der Waals surface area contributed by atoms with Gasteiger partial charge in [0, 0.05) is 5.56 Å². The van der Waals surface area contributed by atoms with Gasteiger partial charge in [-0.25, -0.2) is 18.4 Å². The summed E-state index contributed by atoms with van der Waals surface area (Å²) >= 11 is 0. The van der Waals surface area contributed by atoms with Crippen molar-refractivity contribution in [3.8, 4) is 0 Å². The molecule has 0 aliphatic rings. The summed E-state index contributed by atoms with van der Waals surface area (Å²) in [6, 6.07) is 1.55. The number of nitrogens with two attached hydrogens (primary N) is 1. The molecule has 0 aliphatic carbocycles. The van der Waals surface area contributed by atoms with Gasteiger partial charge in [-0.3, -0.25) is 4.79 Å². The van der Waals surface area contributed by atoms with Crippen molar-refractivity contribution in [2.75, 3.05) is 0 Å². The number of allylic oxidation sites excluding steroid dienone is 1. The highest BCUT2D eigenvalue weighted by Gasteiger charge is 2.22. The SMILES string of the molecule is C/C=C/CC(NC(=O)c1cc(C)c(C)c(S(N)(=O)=O)c1)C(=O)O. The zero-order valence-electron chi connectivity index (χ0n) is 13.2. The molecule has 0 radical (unpaired) electrons. The quantitative estimate of drug-likeness (QED) is 0.668. The maximum Gasteiger partial charge on any atom is 0.326 e. The minimum absolute atomic E-state index is 0.0452. The normalized spacial score (nSPS) is 13.0. The van der Waals surface area contributed by atoms with Crippen molar-refractivity contribution in [1.82, 2.24) is 5.32 Å². The van der Waals surface area contributed by atoms with Crippen LogP contribution < -0.4 is 10.5 Å². The molecule has 0 fully saturated rings. The van der Waals surface area contributed by atoms with Gasteiger partial charge in [-0.15, -0.1) is 0 Å². The summed E-state index contributed by atoms with van der Waals surface area (Å²) in [5.41, 5.74) is 1.07. The second kappa shape index (κ2) is 7.38. The first-order chi connectivity index (χ1) is 10.6. The first kappa shape index (κ1) is 18.9. The van der Waals surface area contributed by atoms with E-state index in [0.717, 1.165) is 6.07 Å². The number of rotatable bonds is 6. The maximum atomic E-state index is 12.2. The average molecular weight is 340 g/mol. The highest BCUT2D eigenvalue weighted by Crippen LogP contribution is 2.20. The third kappa shape index (κ3) is 4.90. The summed E-state index contributed by atoms with van der Waals surface area (Å²) in [5.74, 6) is -1.85. The highest BCUT2D eigenvalue weighted by atomic mass is 32.2. The van der Waals surface area contributed by atoms with Crippen molar-refractivity contribution in [1.29, 1.82) is 0 Å². The molecule has 1 aromatic carbocycles. The molecule has 1 amide bonds. The number of aryl methyl sites for hydroxylation is 1. The molecule has 1 aromatic rings. The lowest BCUT2D eigenvalue weighted by Gasteiger charge is -2.15. The number of hydrogen-bond donors (Lipinski definition) is 3. The number of nitrogens with one attached hydrogen (secondary N) is 1. The molecule has 0 spiro atoms. The Labute approximate surface area is 135 Å². The van der Waals surface area contributed by atoms with E-state index in [-0.39, 0.29) is 16.9 Å². The number of hydrogen-bond acceptors (Lipinski definition) is 4. The molecule has 0 aromatic heterocycles. The molecule has 126 valence electrons. The molecule has 0 bridgehead atoms. The Balaban J connectivity index is 3.18. The van der Waals surface area contributed by atoms with Crippen molar-refractivity contribution in [2.45, 2.75) is 38.1 Å². The predicted molar refractivity (Wildman–Crippen MR) is 85.6 cm³/mol. The number of amides is 1. The summed E-state index contributed by atoms with van der Waals surface area (Å²) in [6.45, 7) is 4.97. The standard InChI is InChI=1S/C15H20N2O5S/c1-4-5-6-12(15(19)20)17-14(18)11-7-9(2)10(3)13(8-11)23(16,21)22/h4-5,7-8,12H,6H2,1-3H3,(H,17,18)(H,19,20)(H2,16,21,22)/b5-4+. The largest absolute Gasteiger partial charge is 0.480 e. The Morgan fingerprint density at radius 2 is 1.96 bits per heavy atom. The summed E-state index contributed by atoms with van der Waals surface area (Å²) in [4.78, 5) is 23.2. The van der Waals surface area contributed by atoms with E-state index in [1.54, 1.807) is 32.9 Å². The van der Waals surface area contributed by atoms with E-state index in [2.05, 4.69) is 5.32 Å². The molecule has 1 atom stereocenters. The van der Waals surface area contributed by atoms with E-state index in [4.69, 9.17) is 10.2 Å². The minimum atomic E-state index is -3.98. The topological polar surface area (TPSA) is 127 Å². The molecular weight excluding hydrogens is 320 g/mol. The molecule has 23 heavy (non-hydrogen) atoms. The molecule has 0 heterocycles. The van der Waals surface area contributed by atoms with Crippen LogP contribution in [0.2, 0.25) is 0 Å². The number of aliphatic carboxylic acids is 1. The summed E-state index contributed by atoms with van der Waals surface area (Å²) in [7, 11) is -3.98. The second-order valence-electron chi connectivity index (χ2n) is 5.13. The van der Waals surface area contributed by atoms with Gasteiger partial charge >= 0.3 is 5.97 Å². The number of sulfonamides is 1. The van der Waals surface area contributed by atoms with Gasteiger partial charge < -0.3 is 10.4 Å². The Hall–Kier alpha value is -2.19. The van der Waals surface area contributed by atoms with E-state index in [1.165, 1.54) is 6.07 Å². The lowest BCUT2D eigenvalue weighted by molar-refractivity contribution is -0.139. The van der Waals surface area contributed by atoms with Crippen LogP contribution in [0.15, 0.2) is 29.2 Å². The fraction of sp³-hybridized carbons (Fsp3) is 0.333. The van der Waals surface area contributed by atoms with Crippen LogP contribution in [-0.4, -0.2) is 31.4 Å². The van der Waals surface area contributed by atoms with Gasteiger partial charge in [-0.1, -0.05) is 12.2 Å². The number of carboxylic acids is 1. The Morgan fingerprint density at radius 1 is 1.35 bits per heavy atom. The highest BCUT2D eigenvalue weighted by molar-refractivity contribution is 7.89. The van der Waals surface area contributed by atoms with Crippen LogP contribution in [0.5, 0.6) is 0 Å². The lowest BCUT2D eigenvalue weighted by atomic mass is 10.1. The van der Waals surface area contributed by atoms with Gasteiger partial charge in [0.2, 0.25) is 10.0 Å². The molecule has 1 rings (SSSR count). The van der Waals surface area contributed by atoms with Gasteiger partial charge in [0.1, 0.15) is 6.04 Å². The number of carbonyl (C=O) groups is 2. The van der Waals surface area contributed by atoms with Crippen molar-refractivity contribution in [2.24, 2.45) is 5.14 Å². The molecule has 4 N–H and O–H groups in total. The first-order valence-corrected chi connectivity index (χ1v) is 8.41. The van der Waals surface area contributed by atoms with E-state index < -0.39 is 27.9 Å². The smallest absolute Gasteiger partial charge is 0.326 e. The zero-order valence-corrected chi connectivity index (χ0v) is 14.0. The van der Waals surface area contributed by atoms with Crippen LogP contribution in [-0.2, 0) is 14.8 Å². The van der Waals surface area contributed by atoms with Gasteiger partial charge in [0.05, 0.1) is 4.90 Å². The van der Waals surface area contributed by atoms with Gasteiger partial charge in [-0.05, 0) is 50.5 Å². The number of benzene rings is 1. The molecule has 7 nitrogen and oxygen atoms in total. The zero-order chi connectivity index (χ0) is 17.8. The molecular formula is C15H20N2O5S. The first-order valence-electron chi connectivity index (χ1n) is 6.86. The summed E-state index contributed by atoms with van der Waals surface area (Å²) < 4.78 is 23.2. The summed E-state index contributed by atoms with van der Waals surface area (Å²) in [6.07, 6.45) is 3.43. The third-order valence-corrected chi connectivity index (χ3v) is 4.44. The number of primary sulfonamides is 1. The Bertz CT molecular complexity index is 753. The monoisotopic (exact) mass is 340 g/mol. The molecule has 1 unspecified atom stereocenters. The molecule has 0 aliphatic heterocycles. The van der Waals surface area contributed by atoms with Gasteiger partial charge in [-0.2, -0.15) is 0 Å². The Kier molecular flexibility index (Phi) is 6.05. The van der Waals surface area contributed by atoms with Crippen molar-refractivity contribution >= 4 is 21.9 Å². The Morgan fingerprint density at radius 3 is 2.43 bits per heavy atom. The predicted octanol–water partition coefficient (Wildman–Crippen LogP) is 1.10. The summed E-state index contributed by atoms with van der Waals surface area (Å²) in [5, 5.41) is 16.6. The second-order valence-corrected chi connectivity index (χ2v) is 6.66. The van der Waals surface area contributed by atoms with Crippen LogP contribution in [0.25, 0.3) is 0 Å². The van der Waals surface area contributed by atoms with Crippen molar-refractivity contribution < 1.29 is 23.1 Å². The molecule has 0 saturated carbocycles. The van der Waals surface area contributed by atoms with Crippen LogP contribution in [0.3, 0.4) is 0 Å². The molecule has 0 saturated heterocycles. The fourth-order valence-electron chi connectivity index (χ4n) is 1.99. The maximum absolute atomic E-state index is 12.2. The van der Waals surface area contributed by atoms with E-state index in [9.17, 15) is 18.0 Å². The average Bonchev–Trinajstić information content (AvgIpc) is 2.44. The van der Waals surface area contributed by atoms with Crippen molar-refractivity contribution in [3.63, 3.8) is 0 Å². The van der Waals surface area contributed by atoms with Crippen LogP contribution >= 0.6 is 0 Å². The molecule has 8 heteroatoms. The van der Waals surface area contributed by atoms with E-state index in [0.29, 0.717) is 11.1 Å². The number of carbonyl (C=O) groups excluding carboxylic acids is 1. The van der Waals surface area contributed by atoms with Crippen LogP contribution in [0, 0.1) is 13.8 Å². The third-order valence-electron chi connectivity index (χ3n) is 3.40. The van der Waals surface area contributed by atoms with Crippen LogP contribution in [0.1, 0.15) is 34.8 Å². The van der Waals surface area contributed by atoms with Gasteiger partial charge in [0.15, 0.2) is 0 Å². The number of carboxylic acid groups (broad SMARTS) is 1. The van der Waals surface area contributed by atoms with Crippen molar-refractivity contribution in [3.05, 3.63) is 41.0 Å². The van der Waals surface area contributed by atoms with E-state index in [1.807, 2.05) is 0 Å². The van der Waals surface area contributed by atoms with E-state index >= 15 is 0 Å². The van der Waals surface area contributed by atoms with Crippen LogP contribution in [0.4, 0.5) is 0 Å². The lowest BCUT2D eigenvalue weighted by Crippen LogP contribution is -2.40. The van der Waals surface area contributed by atoms with Gasteiger partial charge in [0.25, 0.3) is 5.91 Å². The minimum Gasteiger partial charge on any atom is -0.480 e. The fourth-order valence-corrected chi connectivity index (χ4v) is 2.87.